The molecule has 1 heterocycles. The third kappa shape index (κ3) is 8.05. The first-order valence-electron chi connectivity index (χ1n) is 9.99. The van der Waals surface area contributed by atoms with Crippen LogP contribution in [0.3, 0.4) is 0 Å². The van der Waals surface area contributed by atoms with E-state index in [1.807, 2.05) is 30.3 Å². The number of carbonyl (C=O) groups excluding carboxylic acids is 1. The van der Waals surface area contributed by atoms with Gasteiger partial charge in [-0.3, -0.25) is 14.5 Å². The third-order valence-electron chi connectivity index (χ3n) is 4.70. The van der Waals surface area contributed by atoms with Crippen molar-refractivity contribution in [3.8, 4) is 0 Å². The molecule has 3 rings (SSSR count). The lowest BCUT2D eigenvalue weighted by Gasteiger charge is -2.16. The Morgan fingerprint density at radius 3 is 2.61 bits per heavy atom. The van der Waals surface area contributed by atoms with Gasteiger partial charge in [0.25, 0.3) is 0 Å². The SMILES string of the molecule is CN=C(NCc1cccc(NC(=O)Cn2cccn2)c1)NCC(C)c1ccccc1.I. The Morgan fingerprint density at radius 2 is 1.90 bits per heavy atom. The van der Waals surface area contributed by atoms with Gasteiger partial charge in [-0.1, -0.05) is 49.4 Å². The lowest BCUT2D eigenvalue weighted by Crippen LogP contribution is -2.38. The van der Waals surface area contributed by atoms with Gasteiger partial charge in [0.15, 0.2) is 5.96 Å². The Morgan fingerprint density at radius 1 is 1.10 bits per heavy atom. The molecule has 1 amide bonds. The molecule has 0 saturated heterocycles. The van der Waals surface area contributed by atoms with E-state index in [0.717, 1.165) is 23.8 Å². The smallest absolute Gasteiger partial charge is 0.246 e. The first-order valence-corrected chi connectivity index (χ1v) is 9.99. The van der Waals surface area contributed by atoms with Gasteiger partial charge in [-0.05, 0) is 35.2 Å². The minimum absolute atomic E-state index is 0. The van der Waals surface area contributed by atoms with Gasteiger partial charge in [0, 0.05) is 38.2 Å². The number of benzene rings is 2. The fourth-order valence-corrected chi connectivity index (χ4v) is 3.06. The summed E-state index contributed by atoms with van der Waals surface area (Å²) in [5.74, 6) is 1.00. The van der Waals surface area contributed by atoms with Crippen molar-refractivity contribution in [1.29, 1.82) is 0 Å². The van der Waals surface area contributed by atoms with Gasteiger partial charge in [0.2, 0.25) is 5.91 Å². The Balaban J connectivity index is 0.00000341. The fourth-order valence-electron chi connectivity index (χ4n) is 3.06. The van der Waals surface area contributed by atoms with E-state index in [2.05, 4.69) is 57.2 Å². The summed E-state index contributed by atoms with van der Waals surface area (Å²) in [6.45, 7) is 3.76. The van der Waals surface area contributed by atoms with Crippen LogP contribution in [0.5, 0.6) is 0 Å². The van der Waals surface area contributed by atoms with Crippen molar-refractivity contribution in [2.24, 2.45) is 4.99 Å². The van der Waals surface area contributed by atoms with Crippen molar-refractivity contribution in [3.05, 3.63) is 84.2 Å². The number of anilines is 1. The molecule has 8 heteroatoms. The van der Waals surface area contributed by atoms with Crippen LogP contribution < -0.4 is 16.0 Å². The molecule has 3 N–H and O–H groups in total. The predicted molar refractivity (Wildman–Crippen MR) is 136 cm³/mol. The summed E-state index contributed by atoms with van der Waals surface area (Å²) < 4.78 is 1.59. The fraction of sp³-hybridized carbons (Fsp3) is 0.261. The van der Waals surface area contributed by atoms with Crippen LogP contribution in [0.1, 0.15) is 24.0 Å². The molecule has 164 valence electrons. The summed E-state index contributed by atoms with van der Waals surface area (Å²) in [6, 6.07) is 20.0. The maximum absolute atomic E-state index is 12.2. The van der Waals surface area contributed by atoms with Crippen LogP contribution in [0.4, 0.5) is 5.69 Å². The minimum atomic E-state index is -0.115. The molecule has 1 unspecified atom stereocenters. The summed E-state index contributed by atoms with van der Waals surface area (Å²) in [6.07, 6.45) is 3.41. The van der Waals surface area contributed by atoms with Crippen LogP contribution in [0.2, 0.25) is 0 Å². The summed E-state index contributed by atoms with van der Waals surface area (Å²) >= 11 is 0. The van der Waals surface area contributed by atoms with Gasteiger partial charge in [-0.15, -0.1) is 24.0 Å². The van der Waals surface area contributed by atoms with Gasteiger partial charge in [-0.2, -0.15) is 5.10 Å². The molecular formula is C23H29IN6O. The van der Waals surface area contributed by atoms with Crippen LogP contribution in [-0.2, 0) is 17.9 Å². The maximum Gasteiger partial charge on any atom is 0.246 e. The van der Waals surface area contributed by atoms with Gasteiger partial charge < -0.3 is 16.0 Å². The number of nitrogens with zero attached hydrogens (tertiary/aromatic N) is 3. The number of nitrogens with one attached hydrogen (secondary N) is 3. The van der Waals surface area contributed by atoms with E-state index in [1.165, 1.54) is 5.56 Å². The number of hydrogen-bond acceptors (Lipinski definition) is 3. The van der Waals surface area contributed by atoms with E-state index >= 15 is 0 Å². The quantitative estimate of drug-likeness (QED) is 0.235. The number of halogens is 1. The van der Waals surface area contributed by atoms with E-state index in [0.29, 0.717) is 12.5 Å². The van der Waals surface area contributed by atoms with Gasteiger partial charge >= 0.3 is 0 Å². The molecule has 7 nitrogen and oxygen atoms in total. The first kappa shape index (κ1) is 24.4. The van der Waals surface area contributed by atoms with Crippen molar-refractivity contribution >= 4 is 41.5 Å². The van der Waals surface area contributed by atoms with Crippen LogP contribution in [-0.4, -0.2) is 35.2 Å². The van der Waals surface area contributed by atoms with E-state index in [4.69, 9.17) is 0 Å². The molecule has 0 fully saturated rings. The second-order valence-electron chi connectivity index (χ2n) is 7.07. The lowest BCUT2D eigenvalue weighted by atomic mass is 10.0. The highest BCUT2D eigenvalue weighted by atomic mass is 127. The van der Waals surface area contributed by atoms with Crippen molar-refractivity contribution < 1.29 is 4.79 Å². The van der Waals surface area contributed by atoms with Crippen molar-refractivity contribution in [2.75, 3.05) is 18.9 Å². The molecule has 1 aromatic heterocycles. The highest BCUT2D eigenvalue weighted by Gasteiger charge is 2.07. The Bertz CT molecular complexity index is 959. The minimum Gasteiger partial charge on any atom is -0.356 e. The molecule has 0 radical (unpaired) electrons. The number of rotatable bonds is 8. The summed E-state index contributed by atoms with van der Waals surface area (Å²) in [5, 5.41) is 13.6. The average molecular weight is 532 g/mol. The van der Waals surface area contributed by atoms with Crippen molar-refractivity contribution in [3.63, 3.8) is 0 Å². The Hall–Kier alpha value is -2.88. The summed E-state index contributed by atoms with van der Waals surface area (Å²) in [4.78, 5) is 16.4. The molecular weight excluding hydrogens is 503 g/mol. The average Bonchev–Trinajstić information content (AvgIpc) is 3.27. The number of hydrogen-bond donors (Lipinski definition) is 3. The number of amides is 1. The summed E-state index contributed by atoms with van der Waals surface area (Å²) in [5.41, 5.74) is 3.09. The molecule has 0 aliphatic rings. The predicted octanol–water partition coefficient (Wildman–Crippen LogP) is 3.61. The lowest BCUT2D eigenvalue weighted by molar-refractivity contribution is -0.116. The molecule has 3 aromatic rings. The molecule has 2 aromatic carbocycles. The highest BCUT2D eigenvalue weighted by molar-refractivity contribution is 14.0. The van der Waals surface area contributed by atoms with Crippen molar-refractivity contribution in [1.82, 2.24) is 20.4 Å². The first-order chi connectivity index (χ1) is 14.6. The van der Waals surface area contributed by atoms with E-state index < -0.39 is 0 Å². The topological polar surface area (TPSA) is 83.3 Å². The highest BCUT2D eigenvalue weighted by Crippen LogP contribution is 2.13. The second kappa shape index (κ2) is 12.7. The van der Waals surface area contributed by atoms with Gasteiger partial charge in [-0.25, -0.2) is 0 Å². The number of carbonyl (C=O) groups is 1. The number of aliphatic imine (C=N–C) groups is 1. The largest absolute Gasteiger partial charge is 0.356 e. The molecule has 0 spiro atoms. The standard InChI is InChI=1S/C23H28N6O.HI/c1-18(20-9-4-3-5-10-20)15-25-23(24-2)26-16-19-8-6-11-21(14-19)28-22(30)17-29-13-7-12-27-29;/h3-14,18H,15-17H2,1-2H3,(H,28,30)(H2,24,25,26);1H. The molecule has 0 saturated carbocycles. The normalized spacial score (nSPS) is 11.9. The van der Waals surface area contributed by atoms with Crippen LogP contribution in [0.25, 0.3) is 0 Å². The van der Waals surface area contributed by atoms with Gasteiger partial charge in [0.05, 0.1) is 0 Å². The number of guanidine groups is 1. The van der Waals surface area contributed by atoms with Crippen LogP contribution in [0, 0.1) is 0 Å². The zero-order valence-electron chi connectivity index (χ0n) is 17.8. The maximum atomic E-state index is 12.2. The van der Waals surface area contributed by atoms with Gasteiger partial charge in [0.1, 0.15) is 6.54 Å². The molecule has 0 aliphatic carbocycles. The van der Waals surface area contributed by atoms with Crippen LogP contribution >= 0.6 is 24.0 Å². The molecule has 1 atom stereocenters. The molecule has 31 heavy (non-hydrogen) atoms. The third-order valence-corrected chi connectivity index (χ3v) is 4.70. The molecule has 0 aliphatic heterocycles. The summed E-state index contributed by atoms with van der Waals surface area (Å²) in [7, 11) is 1.76. The zero-order valence-corrected chi connectivity index (χ0v) is 20.1. The monoisotopic (exact) mass is 532 g/mol. The van der Waals surface area contributed by atoms with Crippen LogP contribution in [0.15, 0.2) is 78.0 Å². The van der Waals surface area contributed by atoms with E-state index in [9.17, 15) is 4.79 Å². The Kier molecular flexibility index (Phi) is 10.0. The Labute approximate surface area is 200 Å². The van der Waals surface area contributed by atoms with E-state index in [1.54, 1.807) is 30.2 Å². The number of aromatic nitrogens is 2. The van der Waals surface area contributed by atoms with Crippen molar-refractivity contribution in [2.45, 2.75) is 25.9 Å². The molecule has 0 bridgehead atoms. The van der Waals surface area contributed by atoms with E-state index in [-0.39, 0.29) is 36.4 Å². The second-order valence-corrected chi connectivity index (χ2v) is 7.07. The zero-order chi connectivity index (χ0) is 21.2.